The number of rotatable bonds is 4. The zero-order chi connectivity index (χ0) is 17.5. The summed E-state index contributed by atoms with van der Waals surface area (Å²) in [5.41, 5.74) is 2.64. The van der Waals surface area contributed by atoms with Crippen LogP contribution in [0.15, 0.2) is 30.6 Å². The first kappa shape index (κ1) is 15.6. The molecular weight excluding hydrogens is 328 g/mol. The van der Waals surface area contributed by atoms with E-state index < -0.39 is 0 Å². The van der Waals surface area contributed by atoms with Gasteiger partial charge >= 0.3 is 0 Å². The molecule has 2 fully saturated rings. The third kappa shape index (κ3) is 2.78. The number of nitrogens with zero attached hydrogens (tertiary/aromatic N) is 5. The molecule has 2 aliphatic rings. The van der Waals surface area contributed by atoms with Gasteiger partial charge in [-0.05, 0) is 31.0 Å². The van der Waals surface area contributed by atoms with Crippen molar-refractivity contribution < 1.29 is 4.74 Å². The first-order chi connectivity index (χ1) is 12.8. The summed E-state index contributed by atoms with van der Waals surface area (Å²) in [5, 5.41) is 8.56. The van der Waals surface area contributed by atoms with Crippen LogP contribution in [0.2, 0.25) is 0 Å². The fourth-order valence-corrected chi connectivity index (χ4v) is 3.72. The van der Waals surface area contributed by atoms with Crippen molar-refractivity contribution >= 4 is 16.7 Å². The van der Waals surface area contributed by atoms with E-state index in [0.29, 0.717) is 0 Å². The molecule has 1 saturated carbocycles. The molecule has 7 heteroatoms. The Bertz CT molecular complexity index is 927. The van der Waals surface area contributed by atoms with Crippen molar-refractivity contribution in [1.29, 1.82) is 0 Å². The summed E-state index contributed by atoms with van der Waals surface area (Å²) in [6.07, 6.45) is 4.37. The van der Waals surface area contributed by atoms with Crippen LogP contribution < -0.4 is 9.64 Å². The number of H-pyrrole nitrogens is 1. The second-order valence-electron chi connectivity index (χ2n) is 7.00. The maximum atomic E-state index is 5.35. The minimum Gasteiger partial charge on any atom is -0.497 e. The van der Waals surface area contributed by atoms with Crippen molar-refractivity contribution in [2.45, 2.75) is 18.9 Å². The van der Waals surface area contributed by atoms with Crippen LogP contribution in [0.4, 0.5) is 5.82 Å². The van der Waals surface area contributed by atoms with Crippen molar-refractivity contribution in [3.63, 3.8) is 0 Å². The molecule has 1 aliphatic carbocycles. The summed E-state index contributed by atoms with van der Waals surface area (Å²) in [6, 6.07) is 8.77. The first-order valence-electron chi connectivity index (χ1n) is 9.15. The number of anilines is 1. The number of aromatic amines is 1. The molecule has 134 valence electrons. The third-order valence-electron chi connectivity index (χ3n) is 5.37. The highest BCUT2D eigenvalue weighted by Gasteiger charge is 2.31. The van der Waals surface area contributed by atoms with Crippen LogP contribution in [-0.4, -0.2) is 64.4 Å². The van der Waals surface area contributed by atoms with Crippen LogP contribution in [0.5, 0.6) is 5.75 Å². The highest BCUT2D eigenvalue weighted by Crippen LogP contribution is 2.31. The highest BCUT2D eigenvalue weighted by molar-refractivity contribution is 5.93. The zero-order valence-electron chi connectivity index (χ0n) is 14.9. The lowest BCUT2D eigenvalue weighted by Crippen LogP contribution is -2.47. The van der Waals surface area contributed by atoms with E-state index in [4.69, 9.17) is 4.74 Å². The number of fused-ring (bicyclic) bond motifs is 1. The molecule has 1 aromatic carbocycles. The summed E-state index contributed by atoms with van der Waals surface area (Å²) >= 11 is 0. The number of ether oxygens (including phenoxy) is 1. The van der Waals surface area contributed by atoms with Crippen LogP contribution in [-0.2, 0) is 0 Å². The van der Waals surface area contributed by atoms with E-state index >= 15 is 0 Å². The van der Waals surface area contributed by atoms with E-state index in [0.717, 1.165) is 66.1 Å². The summed E-state index contributed by atoms with van der Waals surface area (Å²) in [7, 11) is 1.67. The predicted octanol–water partition coefficient (Wildman–Crippen LogP) is 2.31. The Hall–Kier alpha value is -2.67. The lowest BCUT2D eigenvalue weighted by atomic mass is 10.1. The van der Waals surface area contributed by atoms with Crippen molar-refractivity contribution in [1.82, 2.24) is 25.1 Å². The number of piperazine rings is 1. The number of nitrogens with one attached hydrogen (secondary N) is 1. The molecule has 1 saturated heterocycles. The molecule has 7 nitrogen and oxygen atoms in total. The largest absolute Gasteiger partial charge is 0.497 e. The van der Waals surface area contributed by atoms with E-state index in [1.165, 1.54) is 12.8 Å². The Morgan fingerprint density at radius 1 is 1.08 bits per heavy atom. The Morgan fingerprint density at radius 3 is 2.69 bits per heavy atom. The molecule has 5 rings (SSSR count). The fourth-order valence-electron chi connectivity index (χ4n) is 3.72. The van der Waals surface area contributed by atoms with E-state index in [2.05, 4.69) is 30.0 Å². The second-order valence-corrected chi connectivity index (χ2v) is 7.00. The number of benzene rings is 1. The topological polar surface area (TPSA) is 70.2 Å². The van der Waals surface area contributed by atoms with Crippen molar-refractivity contribution in [3.8, 4) is 17.1 Å². The Balaban J connectivity index is 1.43. The summed E-state index contributed by atoms with van der Waals surface area (Å²) in [4.78, 5) is 13.9. The Labute approximate surface area is 152 Å². The lowest BCUT2D eigenvalue weighted by molar-refractivity contribution is 0.247. The molecule has 2 aromatic heterocycles. The number of methoxy groups -OCH3 is 1. The Kier molecular flexibility index (Phi) is 3.74. The molecular formula is C19H22N6O. The van der Waals surface area contributed by atoms with Crippen molar-refractivity contribution in [2.75, 3.05) is 38.2 Å². The van der Waals surface area contributed by atoms with Gasteiger partial charge in [0, 0.05) is 43.7 Å². The van der Waals surface area contributed by atoms with E-state index in [9.17, 15) is 0 Å². The van der Waals surface area contributed by atoms with E-state index in [1.54, 1.807) is 13.4 Å². The van der Waals surface area contributed by atoms with E-state index in [-0.39, 0.29) is 0 Å². The minimum atomic E-state index is 0.811. The summed E-state index contributed by atoms with van der Waals surface area (Å²) < 4.78 is 5.35. The van der Waals surface area contributed by atoms with Crippen molar-refractivity contribution in [3.05, 3.63) is 30.6 Å². The number of hydrogen-bond donors (Lipinski definition) is 1. The van der Waals surface area contributed by atoms with Crippen molar-refractivity contribution in [2.24, 2.45) is 0 Å². The molecule has 0 bridgehead atoms. The quantitative estimate of drug-likeness (QED) is 0.779. The molecule has 0 radical (unpaired) electrons. The minimum absolute atomic E-state index is 0.811. The van der Waals surface area contributed by atoms with Gasteiger partial charge in [0.2, 0.25) is 0 Å². The van der Waals surface area contributed by atoms with Gasteiger partial charge in [-0.2, -0.15) is 5.10 Å². The highest BCUT2D eigenvalue weighted by atomic mass is 16.5. The first-order valence-corrected chi connectivity index (χ1v) is 9.15. The molecule has 0 amide bonds. The SMILES string of the molecule is COc1ccc2[nH]nc(-c3cc(N4CCN(C5CC5)CC4)ncn3)c2c1. The second kappa shape index (κ2) is 6.25. The molecule has 3 heterocycles. The van der Waals surface area contributed by atoms with Crippen LogP contribution in [0.25, 0.3) is 22.3 Å². The number of hydrogen-bond acceptors (Lipinski definition) is 6. The molecule has 1 N–H and O–H groups in total. The van der Waals surface area contributed by atoms with Gasteiger partial charge in [-0.15, -0.1) is 0 Å². The van der Waals surface area contributed by atoms with Gasteiger partial charge in [-0.3, -0.25) is 10.00 Å². The molecule has 0 unspecified atom stereocenters. The Morgan fingerprint density at radius 2 is 1.92 bits per heavy atom. The fraction of sp³-hybridized carbons (Fsp3) is 0.421. The average molecular weight is 350 g/mol. The predicted molar refractivity (Wildman–Crippen MR) is 100 cm³/mol. The zero-order valence-corrected chi connectivity index (χ0v) is 14.9. The maximum Gasteiger partial charge on any atom is 0.132 e. The van der Waals surface area contributed by atoms with Gasteiger partial charge in [0.25, 0.3) is 0 Å². The van der Waals surface area contributed by atoms with Crippen LogP contribution in [0.3, 0.4) is 0 Å². The monoisotopic (exact) mass is 350 g/mol. The van der Waals surface area contributed by atoms with Gasteiger partial charge in [0.05, 0.1) is 18.3 Å². The summed E-state index contributed by atoms with van der Waals surface area (Å²) in [6.45, 7) is 4.27. The van der Waals surface area contributed by atoms with Gasteiger partial charge in [-0.1, -0.05) is 0 Å². The molecule has 1 aliphatic heterocycles. The van der Waals surface area contributed by atoms with Crippen LogP contribution in [0.1, 0.15) is 12.8 Å². The third-order valence-corrected chi connectivity index (χ3v) is 5.37. The summed E-state index contributed by atoms with van der Waals surface area (Å²) in [5.74, 6) is 1.79. The molecule has 0 spiro atoms. The van der Waals surface area contributed by atoms with Crippen LogP contribution in [0, 0.1) is 0 Å². The normalized spacial score (nSPS) is 18.4. The number of aromatic nitrogens is 4. The van der Waals surface area contributed by atoms with Gasteiger partial charge in [0.1, 0.15) is 23.6 Å². The van der Waals surface area contributed by atoms with Gasteiger partial charge < -0.3 is 9.64 Å². The average Bonchev–Trinajstić information content (AvgIpc) is 3.47. The van der Waals surface area contributed by atoms with E-state index in [1.807, 2.05) is 24.3 Å². The lowest BCUT2D eigenvalue weighted by Gasteiger charge is -2.35. The molecule has 26 heavy (non-hydrogen) atoms. The maximum absolute atomic E-state index is 5.35. The van der Waals surface area contributed by atoms with Crippen LogP contribution >= 0.6 is 0 Å². The van der Waals surface area contributed by atoms with Gasteiger partial charge in [-0.25, -0.2) is 9.97 Å². The van der Waals surface area contributed by atoms with Gasteiger partial charge in [0.15, 0.2) is 0 Å². The standard InChI is InChI=1S/C19H22N6O/c1-26-14-4-5-16-15(10-14)19(23-22-16)17-11-18(21-12-20-17)25-8-6-24(7-9-25)13-2-3-13/h4-5,10-13H,2-3,6-9H2,1H3,(H,22,23). The molecule has 0 atom stereocenters. The molecule has 3 aromatic rings. The smallest absolute Gasteiger partial charge is 0.132 e.